The maximum atomic E-state index is 14.3. The standard InChI is InChI=1S/C21H23F2N3O/c22-17-7-1-2-9-19(17)24-11-13-25(14-12-24)20(27)15-26-10-4-6-16-5-3-8-18(23)21(16)26/h1-3,5,7-9H,4,6,10-15H2. The summed E-state index contributed by atoms with van der Waals surface area (Å²) < 4.78 is 28.2. The Morgan fingerprint density at radius 3 is 2.41 bits per heavy atom. The lowest BCUT2D eigenvalue weighted by Gasteiger charge is -2.38. The zero-order valence-corrected chi connectivity index (χ0v) is 15.2. The number of carbonyl (C=O) groups is 1. The van der Waals surface area contributed by atoms with Crippen molar-refractivity contribution in [2.45, 2.75) is 12.8 Å². The highest BCUT2D eigenvalue weighted by molar-refractivity contribution is 5.82. The predicted molar refractivity (Wildman–Crippen MR) is 102 cm³/mol. The third-order valence-electron chi connectivity index (χ3n) is 5.41. The molecule has 0 radical (unpaired) electrons. The van der Waals surface area contributed by atoms with Crippen LogP contribution in [0, 0.1) is 11.6 Å². The molecule has 27 heavy (non-hydrogen) atoms. The van der Waals surface area contributed by atoms with Gasteiger partial charge < -0.3 is 14.7 Å². The Morgan fingerprint density at radius 2 is 1.63 bits per heavy atom. The van der Waals surface area contributed by atoms with Crippen LogP contribution in [0.25, 0.3) is 0 Å². The molecule has 1 fully saturated rings. The number of aryl methyl sites for hydroxylation is 1. The smallest absolute Gasteiger partial charge is 0.242 e. The maximum absolute atomic E-state index is 14.3. The predicted octanol–water partition coefficient (Wildman–Crippen LogP) is 3.07. The van der Waals surface area contributed by atoms with Gasteiger partial charge >= 0.3 is 0 Å². The normalized spacial score (nSPS) is 17.0. The van der Waals surface area contributed by atoms with Crippen LogP contribution < -0.4 is 9.80 Å². The van der Waals surface area contributed by atoms with E-state index in [9.17, 15) is 13.6 Å². The van der Waals surface area contributed by atoms with Gasteiger partial charge in [0.05, 0.1) is 17.9 Å². The summed E-state index contributed by atoms with van der Waals surface area (Å²) in [5, 5.41) is 0. The number of rotatable bonds is 3. The van der Waals surface area contributed by atoms with Crippen LogP contribution in [0.1, 0.15) is 12.0 Å². The van der Waals surface area contributed by atoms with E-state index >= 15 is 0 Å². The highest BCUT2D eigenvalue weighted by Gasteiger charge is 2.27. The molecule has 2 aromatic rings. The van der Waals surface area contributed by atoms with E-state index in [0.717, 1.165) is 18.4 Å². The first-order chi connectivity index (χ1) is 13.1. The molecule has 0 aliphatic carbocycles. The quantitative estimate of drug-likeness (QED) is 0.830. The van der Waals surface area contributed by atoms with Crippen molar-refractivity contribution in [1.29, 1.82) is 0 Å². The molecule has 0 N–H and O–H groups in total. The van der Waals surface area contributed by atoms with Crippen molar-refractivity contribution in [2.75, 3.05) is 49.1 Å². The number of nitrogens with zero attached hydrogens (tertiary/aromatic N) is 3. The molecule has 142 valence electrons. The Bertz CT molecular complexity index is 834. The van der Waals surface area contributed by atoms with E-state index in [2.05, 4.69) is 0 Å². The van der Waals surface area contributed by atoms with E-state index in [1.165, 1.54) is 12.1 Å². The summed E-state index contributed by atoms with van der Waals surface area (Å²) in [5.74, 6) is -0.499. The number of hydrogen-bond donors (Lipinski definition) is 0. The van der Waals surface area contributed by atoms with Crippen molar-refractivity contribution in [3.05, 3.63) is 59.7 Å². The zero-order valence-electron chi connectivity index (χ0n) is 15.2. The van der Waals surface area contributed by atoms with E-state index < -0.39 is 0 Å². The van der Waals surface area contributed by atoms with Crippen LogP contribution in [0.3, 0.4) is 0 Å². The first-order valence-corrected chi connectivity index (χ1v) is 9.43. The first kappa shape index (κ1) is 17.8. The van der Waals surface area contributed by atoms with Crippen LogP contribution in [0.2, 0.25) is 0 Å². The fourth-order valence-electron chi connectivity index (χ4n) is 4.01. The van der Waals surface area contributed by atoms with E-state index in [-0.39, 0.29) is 24.1 Å². The molecular formula is C21H23F2N3O. The number of fused-ring (bicyclic) bond motifs is 1. The largest absolute Gasteiger partial charge is 0.366 e. The van der Waals surface area contributed by atoms with Gasteiger partial charge in [-0.15, -0.1) is 0 Å². The third-order valence-corrected chi connectivity index (χ3v) is 5.41. The molecule has 1 amide bonds. The van der Waals surface area contributed by atoms with Crippen LogP contribution in [0.4, 0.5) is 20.2 Å². The summed E-state index contributed by atoms with van der Waals surface area (Å²) in [6.45, 7) is 3.16. The lowest BCUT2D eigenvalue weighted by Crippen LogP contribution is -2.52. The van der Waals surface area contributed by atoms with Crippen molar-refractivity contribution in [3.8, 4) is 0 Å². The summed E-state index contributed by atoms with van der Waals surface area (Å²) in [6.07, 6.45) is 1.77. The van der Waals surface area contributed by atoms with Crippen LogP contribution in [0.15, 0.2) is 42.5 Å². The molecule has 4 nitrogen and oxygen atoms in total. The molecule has 2 heterocycles. The number of hydrogen-bond acceptors (Lipinski definition) is 3. The molecule has 0 saturated carbocycles. The SMILES string of the molecule is O=C(CN1CCCc2cccc(F)c21)N1CCN(c2ccccc2F)CC1. The van der Waals surface area contributed by atoms with Gasteiger partial charge in [-0.1, -0.05) is 24.3 Å². The van der Waals surface area contributed by atoms with E-state index in [4.69, 9.17) is 0 Å². The minimum atomic E-state index is -0.260. The summed E-state index contributed by atoms with van der Waals surface area (Å²) >= 11 is 0. The molecule has 0 atom stereocenters. The molecular weight excluding hydrogens is 348 g/mol. The second-order valence-electron chi connectivity index (χ2n) is 7.09. The number of halogens is 2. The molecule has 0 unspecified atom stereocenters. The van der Waals surface area contributed by atoms with E-state index in [1.54, 1.807) is 23.1 Å². The topological polar surface area (TPSA) is 26.8 Å². The van der Waals surface area contributed by atoms with Gasteiger partial charge in [-0.05, 0) is 36.6 Å². The molecule has 1 saturated heterocycles. The van der Waals surface area contributed by atoms with Gasteiger partial charge in [0.2, 0.25) is 5.91 Å². The Morgan fingerprint density at radius 1 is 0.889 bits per heavy atom. The average Bonchev–Trinajstić information content (AvgIpc) is 2.69. The number of para-hydroxylation sites is 2. The van der Waals surface area contributed by atoms with Gasteiger partial charge in [0.25, 0.3) is 0 Å². The molecule has 2 aliphatic rings. The van der Waals surface area contributed by atoms with Gasteiger partial charge in [-0.25, -0.2) is 8.78 Å². The Labute approximate surface area is 158 Å². The van der Waals surface area contributed by atoms with Gasteiger partial charge in [0, 0.05) is 32.7 Å². The second kappa shape index (κ2) is 7.55. The van der Waals surface area contributed by atoms with E-state index in [0.29, 0.717) is 44.1 Å². The first-order valence-electron chi connectivity index (χ1n) is 9.43. The molecule has 0 spiro atoms. The Balaban J connectivity index is 1.39. The molecule has 2 aliphatic heterocycles. The molecule has 0 bridgehead atoms. The minimum absolute atomic E-state index is 0.000660. The average molecular weight is 371 g/mol. The fourth-order valence-corrected chi connectivity index (χ4v) is 4.01. The van der Waals surface area contributed by atoms with Crippen molar-refractivity contribution in [1.82, 2.24) is 4.90 Å². The van der Waals surface area contributed by atoms with Crippen LogP contribution in [-0.4, -0.2) is 50.1 Å². The highest BCUT2D eigenvalue weighted by Crippen LogP contribution is 2.30. The summed E-state index contributed by atoms with van der Waals surface area (Å²) in [7, 11) is 0. The van der Waals surface area contributed by atoms with Crippen molar-refractivity contribution < 1.29 is 13.6 Å². The van der Waals surface area contributed by atoms with Gasteiger partial charge in [-0.2, -0.15) is 0 Å². The third kappa shape index (κ3) is 3.61. The monoisotopic (exact) mass is 371 g/mol. The number of carbonyl (C=O) groups excluding carboxylic acids is 1. The minimum Gasteiger partial charge on any atom is -0.366 e. The number of anilines is 2. The lowest BCUT2D eigenvalue weighted by molar-refractivity contribution is -0.130. The lowest BCUT2D eigenvalue weighted by atomic mass is 10.0. The van der Waals surface area contributed by atoms with Crippen molar-refractivity contribution >= 4 is 17.3 Å². The van der Waals surface area contributed by atoms with Gasteiger partial charge in [0.1, 0.15) is 11.6 Å². The van der Waals surface area contributed by atoms with Crippen LogP contribution in [0.5, 0.6) is 0 Å². The maximum Gasteiger partial charge on any atom is 0.242 e. The molecule has 4 rings (SSSR count). The Hall–Kier alpha value is -2.63. The number of benzene rings is 2. The number of amides is 1. The summed E-state index contributed by atoms with van der Waals surface area (Å²) in [5.41, 5.74) is 2.12. The molecule has 0 aromatic heterocycles. The fraction of sp³-hybridized carbons (Fsp3) is 0.381. The van der Waals surface area contributed by atoms with Crippen molar-refractivity contribution in [3.63, 3.8) is 0 Å². The second-order valence-corrected chi connectivity index (χ2v) is 7.09. The highest BCUT2D eigenvalue weighted by atomic mass is 19.1. The van der Waals surface area contributed by atoms with Crippen LogP contribution in [-0.2, 0) is 11.2 Å². The van der Waals surface area contributed by atoms with Crippen molar-refractivity contribution in [2.24, 2.45) is 0 Å². The molecule has 6 heteroatoms. The summed E-state index contributed by atoms with van der Waals surface area (Å²) in [4.78, 5) is 18.4. The number of piperazine rings is 1. The Kier molecular flexibility index (Phi) is 4.97. The van der Waals surface area contributed by atoms with Gasteiger partial charge in [-0.3, -0.25) is 4.79 Å². The van der Waals surface area contributed by atoms with E-state index in [1.807, 2.05) is 21.9 Å². The van der Waals surface area contributed by atoms with Gasteiger partial charge in [0.15, 0.2) is 0 Å². The summed E-state index contributed by atoms with van der Waals surface area (Å²) in [6, 6.07) is 11.8. The van der Waals surface area contributed by atoms with Crippen LogP contribution >= 0.6 is 0 Å². The zero-order chi connectivity index (χ0) is 18.8. The molecule has 2 aromatic carbocycles.